The summed E-state index contributed by atoms with van der Waals surface area (Å²) in [4.78, 5) is 14.1. The number of likely N-dealkylation sites (N-methyl/N-ethyl adjacent to an activating group) is 1. The van der Waals surface area contributed by atoms with Gasteiger partial charge in [-0.25, -0.2) is 0 Å². The van der Waals surface area contributed by atoms with Crippen LogP contribution in [0.25, 0.3) is 0 Å². The van der Waals surface area contributed by atoms with Crippen LogP contribution in [0.15, 0.2) is 24.3 Å². The molecular weight excluding hydrogens is 292 g/mol. The SMILES string of the molecule is CN(CCOc1ccc(Cl)cc1)C(=O)C1(C)COCC1N. The number of rotatable bonds is 5. The first-order valence-electron chi connectivity index (χ1n) is 6.91. The molecule has 2 unspecified atom stereocenters. The Bertz CT molecular complexity index is 494. The van der Waals surface area contributed by atoms with Gasteiger partial charge in [0.1, 0.15) is 12.4 Å². The number of ether oxygens (including phenoxy) is 2. The predicted octanol–water partition coefficient (Wildman–Crippen LogP) is 1.54. The third-order valence-corrected chi connectivity index (χ3v) is 4.11. The maximum atomic E-state index is 12.5. The smallest absolute Gasteiger partial charge is 0.232 e. The van der Waals surface area contributed by atoms with E-state index < -0.39 is 5.41 Å². The van der Waals surface area contributed by atoms with Crippen molar-refractivity contribution in [1.29, 1.82) is 0 Å². The maximum Gasteiger partial charge on any atom is 0.232 e. The Morgan fingerprint density at radius 3 is 2.76 bits per heavy atom. The van der Waals surface area contributed by atoms with Crippen LogP contribution >= 0.6 is 11.6 Å². The number of nitrogens with two attached hydrogens (primary N) is 1. The predicted molar refractivity (Wildman–Crippen MR) is 81.5 cm³/mol. The summed E-state index contributed by atoms with van der Waals surface area (Å²) in [5.74, 6) is 0.722. The van der Waals surface area contributed by atoms with E-state index in [1.165, 1.54) is 0 Å². The Hall–Kier alpha value is -1.30. The number of carbonyl (C=O) groups excluding carboxylic acids is 1. The van der Waals surface area contributed by atoms with Crippen LogP contribution in [-0.2, 0) is 9.53 Å². The van der Waals surface area contributed by atoms with E-state index in [0.29, 0.717) is 31.4 Å². The van der Waals surface area contributed by atoms with Gasteiger partial charge in [0.15, 0.2) is 0 Å². The summed E-state index contributed by atoms with van der Waals surface area (Å²) in [6.07, 6.45) is 0. The monoisotopic (exact) mass is 312 g/mol. The van der Waals surface area contributed by atoms with Gasteiger partial charge in [-0.1, -0.05) is 11.6 Å². The Morgan fingerprint density at radius 1 is 1.52 bits per heavy atom. The van der Waals surface area contributed by atoms with E-state index in [-0.39, 0.29) is 11.9 Å². The van der Waals surface area contributed by atoms with Crippen molar-refractivity contribution in [1.82, 2.24) is 4.90 Å². The minimum absolute atomic E-state index is 0.00722. The van der Waals surface area contributed by atoms with Crippen molar-refractivity contribution < 1.29 is 14.3 Å². The van der Waals surface area contributed by atoms with Crippen LogP contribution in [0.4, 0.5) is 0 Å². The average Bonchev–Trinajstić information content (AvgIpc) is 2.81. The second-order valence-electron chi connectivity index (χ2n) is 5.57. The Morgan fingerprint density at radius 2 is 2.19 bits per heavy atom. The minimum Gasteiger partial charge on any atom is -0.492 e. The fraction of sp³-hybridized carbons (Fsp3) is 0.533. The summed E-state index contributed by atoms with van der Waals surface area (Å²) < 4.78 is 10.9. The summed E-state index contributed by atoms with van der Waals surface area (Å²) in [6, 6.07) is 6.87. The molecule has 21 heavy (non-hydrogen) atoms. The molecule has 1 aromatic rings. The zero-order chi connectivity index (χ0) is 15.5. The zero-order valence-corrected chi connectivity index (χ0v) is 13.1. The molecule has 116 valence electrons. The lowest BCUT2D eigenvalue weighted by molar-refractivity contribution is -0.140. The molecule has 5 nitrogen and oxygen atoms in total. The van der Waals surface area contributed by atoms with Gasteiger partial charge in [0.25, 0.3) is 0 Å². The first kappa shape index (κ1) is 16.1. The van der Waals surface area contributed by atoms with Gasteiger partial charge in [0, 0.05) is 18.1 Å². The van der Waals surface area contributed by atoms with Gasteiger partial charge in [0.2, 0.25) is 5.91 Å². The number of amides is 1. The quantitative estimate of drug-likeness (QED) is 0.896. The highest BCUT2D eigenvalue weighted by atomic mass is 35.5. The lowest BCUT2D eigenvalue weighted by Gasteiger charge is -2.30. The highest BCUT2D eigenvalue weighted by molar-refractivity contribution is 6.30. The molecule has 2 rings (SSSR count). The van der Waals surface area contributed by atoms with Gasteiger partial charge in [-0.05, 0) is 31.2 Å². The standard InChI is InChI=1S/C15H21ClN2O3/c1-15(10-20-9-13(15)17)14(19)18(2)7-8-21-12-5-3-11(16)4-6-12/h3-6,13H,7-10,17H2,1-2H3. The van der Waals surface area contributed by atoms with E-state index in [2.05, 4.69) is 0 Å². The number of halogens is 1. The molecule has 1 amide bonds. The molecule has 0 spiro atoms. The van der Waals surface area contributed by atoms with Gasteiger partial charge in [-0.15, -0.1) is 0 Å². The summed E-state index contributed by atoms with van der Waals surface area (Å²) in [6.45, 7) is 3.55. The van der Waals surface area contributed by atoms with Crippen LogP contribution < -0.4 is 10.5 Å². The second kappa shape index (κ2) is 6.64. The van der Waals surface area contributed by atoms with Crippen LogP contribution in [-0.4, -0.2) is 50.3 Å². The molecule has 2 atom stereocenters. The Balaban J connectivity index is 1.83. The largest absolute Gasteiger partial charge is 0.492 e. The number of carbonyl (C=O) groups is 1. The molecule has 0 aromatic heterocycles. The van der Waals surface area contributed by atoms with E-state index in [0.717, 1.165) is 5.75 Å². The fourth-order valence-corrected chi connectivity index (χ4v) is 2.40. The average molecular weight is 313 g/mol. The third kappa shape index (κ3) is 3.67. The molecule has 1 heterocycles. The van der Waals surface area contributed by atoms with Gasteiger partial charge in [-0.2, -0.15) is 0 Å². The Kier molecular flexibility index (Phi) is 5.08. The topological polar surface area (TPSA) is 64.8 Å². The van der Waals surface area contributed by atoms with E-state index in [9.17, 15) is 4.79 Å². The van der Waals surface area contributed by atoms with Crippen LogP contribution in [0.3, 0.4) is 0 Å². The van der Waals surface area contributed by atoms with Crippen molar-refractivity contribution in [2.45, 2.75) is 13.0 Å². The first-order chi connectivity index (χ1) is 9.93. The zero-order valence-electron chi connectivity index (χ0n) is 12.3. The Labute approximate surface area is 130 Å². The summed E-state index contributed by atoms with van der Waals surface area (Å²) in [5, 5.41) is 0.665. The molecule has 0 radical (unpaired) electrons. The van der Waals surface area contributed by atoms with E-state index in [4.69, 9.17) is 26.8 Å². The van der Waals surface area contributed by atoms with Crippen molar-refractivity contribution in [3.63, 3.8) is 0 Å². The molecule has 1 aliphatic rings. The lowest BCUT2D eigenvalue weighted by atomic mass is 9.84. The van der Waals surface area contributed by atoms with Crippen LogP contribution in [0.2, 0.25) is 5.02 Å². The van der Waals surface area contributed by atoms with Crippen molar-refractivity contribution in [3.8, 4) is 5.75 Å². The summed E-state index contributed by atoms with van der Waals surface area (Å²) in [7, 11) is 1.75. The molecule has 1 aliphatic heterocycles. The molecular formula is C15H21ClN2O3. The van der Waals surface area contributed by atoms with E-state index >= 15 is 0 Å². The molecule has 6 heteroatoms. The first-order valence-corrected chi connectivity index (χ1v) is 7.28. The molecule has 1 fully saturated rings. The van der Waals surface area contributed by atoms with Crippen LogP contribution in [0.5, 0.6) is 5.75 Å². The number of hydrogen-bond donors (Lipinski definition) is 1. The second-order valence-corrected chi connectivity index (χ2v) is 6.00. The normalized spacial score (nSPS) is 24.9. The minimum atomic E-state index is -0.644. The maximum absolute atomic E-state index is 12.5. The van der Waals surface area contributed by atoms with Gasteiger partial charge in [-0.3, -0.25) is 4.79 Å². The van der Waals surface area contributed by atoms with Gasteiger partial charge >= 0.3 is 0 Å². The molecule has 0 bridgehead atoms. The van der Waals surface area contributed by atoms with Crippen molar-refractivity contribution in [3.05, 3.63) is 29.3 Å². The fourth-order valence-electron chi connectivity index (χ4n) is 2.28. The van der Waals surface area contributed by atoms with Gasteiger partial charge < -0.3 is 20.1 Å². The number of benzene rings is 1. The molecule has 1 saturated heterocycles. The summed E-state index contributed by atoms with van der Waals surface area (Å²) >= 11 is 5.81. The molecule has 1 aromatic carbocycles. The van der Waals surface area contributed by atoms with E-state index in [1.54, 1.807) is 36.2 Å². The molecule has 2 N–H and O–H groups in total. The van der Waals surface area contributed by atoms with Gasteiger partial charge in [0.05, 0.1) is 25.2 Å². The lowest BCUT2D eigenvalue weighted by Crippen LogP contribution is -2.51. The summed E-state index contributed by atoms with van der Waals surface area (Å²) in [5.41, 5.74) is 5.33. The highest BCUT2D eigenvalue weighted by Gasteiger charge is 2.45. The van der Waals surface area contributed by atoms with Crippen molar-refractivity contribution >= 4 is 17.5 Å². The van der Waals surface area contributed by atoms with Crippen molar-refractivity contribution in [2.24, 2.45) is 11.1 Å². The van der Waals surface area contributed by atoms with Crippen LogP contribution in [0.1, 0.15) is 6.92 Å². The van der Waals surface area contributed by atoms with Crippen LogP contribution in [0, 0.1) is 5.41 Å². The third-order valence-electron chi connectivity index (χ3n) is 3.86. The van der Waals surface area contributed by atoms with E-state index in [1.807, 2.05) is 6.92 Å². The molecule has 0 aliphatic carbocycles. The van der Waals surface area contributed by atoms with Crippen molar-refractivity contribution in [2.75, 3.05) is 33.4 Å². The highest BCUT2D eigenvalue weighted by Crippen LogP contribution is 2.29. The number of nitrogens with zero attached hydrogens (tertiary/aromatic N) is 1. The molecule has 0 saturated carbocycles. The number of hydrogen-bond acceptors (Lipinski definition) is 4.